The van der Waals surface area contributed by atoms with Gasteiger partial charge < -0.3 is 18.9 Å². The van der Waals surface area contributed by atoms with Gasteiger partial charge in [0.15, 0.2) is 0 Å². The van der Waals surface area contributed by atoms with Gasteiger partial charge in [-0.05, 0) is 36.1 Å². The van der Waals surface area contributed by atoms with Crippen molar-refractivity contribution in [1.29, 1.82) is 0 Å². The van der Waals surface area contributed by atoms with Crippen LogP contribution in [0, 0.1) is 0 Å². The Hall–Kier alpha value is -2.88. The monoisotopic (exact) mass is 368 g/mol. The average molecular weight is 368 g/mol. The third kappa shape index (κ3) is 4.64. The van der Waals surface area contributed by atoms with Gasteiger partial charge in [0.1, 0.15) is 23.0 Å². The molecular formula is C23H28O4. The Balaban J connectivity index is 2.64. The SMILES string of the molecule is C=CCc1cc(OC)cc(OC)c1Cc1c(CC=C)cc(OC)cc1OC. The summed E-state index contributed by atoms with van der Waals surface area (Å²) in [5, 5.41) is 0. The van der Waals surface area contributed by atoms with E-state index >= 15 is 0 Å². The van der Waals surface area contributed by atoms with Gasteiger partial charge in [-0.3, -0.25) is 0 Å². The molecule has 0 aliphatic rings. The van der Waals surface area contributed by atoms with E-state index in [-0.39, 0.29) is 0 Å². The Labute approximate surface area is 162 Å². The van der Waals surface area contributed by atoms with E-state index in [4.69, 9.17) is 18.9 Å². The largest absolute Gasteiger partial charge is 0.497 e. The minimum Gasteiger partial charge on any atom is -0.497 e. The Morgan fingerprint density at radius 2 is 1.07 bits per heavy atom. The summed E-state index contributed by atoms with van der Waals surface area (Å²) in [6, 6.07) is 7.88. The molecule has 0 amide bonds. The van der Waals surface area contributed by atoms with Crippen molar-refractivity contribution >= 4 is 0 Å². The van der Waals surface area contributed by atoms with Crippen LogP contribution in [-0.2, 0) is 19.3 Å². The highest BCUT2D eigenvalue weighted by Crippen LogP contribution is 2.36. The zero-order valence-electron chi connectivity index (χ0n) is 16.6. The lowest BCUT2D eigenvalue weighted by Crippen LogP contribution is -2.05. The van der Waals surface area contributed by atoms with Gasteiger partial charge in [0.2, 0.25) is 0 Å². The van der Waals surface area contributed by atoms with Crippen molar-refractivity contribution in [3.8, 4) is 23.0 Å². The van der Waals surface area contributed by atoms with Crippen LogP contribution in [-0.4, -0.2) is 28.4 Å². The van der Waals surface area contributed by atoms with Crippen LogP contribution in [0.2, 0.25) is 0 Å². The summed E-state index contributed by atoms with van der Waals surface area (Å²) in [6.07, 6.45) is 5.87. The minimum absolute atomic E-state index is 0.659. The van der Waals surface area contributed by atoms with Crippen molar-refractivity contribution in [3.63, 3.8) is 0 Å². The van der Waals surface area contributed by atoms with Crippen LogP contribution in [0.4, 0.5) is 0 Å². The standard InChI is InChI=1S/C23H28O4/c1-7-9-16-11-18(24-3)13-22(26-5)20(16)15-21-17(10-8-2)12-19(25-4)14-23(21)27-6/h7-8,11-14H,1-2,9-10,15H2,3-6H3. The summed E-state index contributed by atoms with van der Waals surface area (Å²) in [5.74, 6) is 3.10. The molecule has 0 heterocycles. The second-order valence-corrected chi connectivity index (χ2v) is 6.10. The molecule has 0 radical (unpaired) electrons. The molecule has 0 N–H and O–H groups in total. The van der Waals surface area contributed by atoms with Crippen LogP contribution in [0.3, 0.4) is 0 Å². The van der Waals surface area contributed by atoms with Crippen molar-refractivity contribution in [1.82, 2.24) is 0 Å². The third-order valence-electron chi connectivity index (χ3n) is 4.54. The van der Waals surface area contributed by atoms with Crippen molar-refractivity contribution in [2.24, 2.45) is 0 Å². The zero-order valence-corrected chi connectivity index (χ0v) is 16.6. The number of hydrogen-bond acceptors (Lipinski definition) is 4. The highest BCUT2D eigenvalue weighted by atomic mass is 16.5. The number of ether oxygens (including phenoxy) is 4. The van der Waals surface area contributed by atoms with Gasteiger partial charge in [-0.25, -0.2) is 0 Å². The molecule has 144 valence electrons. The van der Waals surface area contributed by atoms with Gasteiger partial charge in [0.25, 0.3) is 0 Å². The third-order valence-corrected chi connectivity index (χ3v) is 4.54. The fraction of sp³-hybridized carbons (Fsp3) is 0.304. The van der Waals surface area contributed by atoms with E-state index in [0.29, 0.717) is 6.42 Å². The molecule has 0 bridgehead atoms. The predicted molar refractivity (Wildman–Crippen MR) is 110 cm³/mol. The van der Waals surface area contributed by atoms with Gasteiger partial charge in [-0.15, -0.1) is 13.2 Å². The number of benzene rings is 2. The summed E-state index contributed by atoms with van der Waals surface area (Å²) < 4.78 is 22.2. The summed E-state index contributed by atoms with van der Waals surface area (Å²) >= 11 is 0. The number of methoxy groups -OCH3 is 4. The first-order valence-electron chi connectivity index (χ1n) is 8.81. The molecule has 0 fully saturated rings. The lowest BCUT2D eigenvalue weighted by Gasteiger charge is -2.19. The Morgan fingerprint density at radius 1 is 0.667 bits per heavy atom. The Kier molecular flexibility index (Phi) is 7.35. The predicted octanol–water partition coefficient (Wildman–Crippen LogP) is 4.77. The highest BCUT2D eigenvalue weighted by Gasteiger charge is 2.18. The quantitative estimate of drug-likeness (QED) is 0.566. The van der Waals surface area contributed by atoms with Gasteiger partial charge in [-0.1, -0.05) is 12.2 Å². The molecule has 2 rings (SSSR count). The zero-order chi connectivity index (χ0) is 19.8. The summed E-state index contributed by atoms with van der Waals surface area (Å²) in [5.41, 5.74) is 4.41. The van der Waals surface area contributed by atoms with E-state index in [2.05, 4.69) is 13.2 Å². The topological polar surface area (TPSA) is 36.9 Å². The first kappa shape index (κ1) is 20.4. The van der Waals surface area contributed by atoms with Crippen molar-refractivity contribution < 1.29 is 18.9 Å². The van der Waals surface area contributed by atoms with Gasteiger partial charge >= 0.3 is 0 Å². The molecule has 0 unspecified atom stereocenters. The van der Waals surface area contributed by atoms with Crippen LogP contribution in [0.1, 0.15) is 22.3 Å². The summed E-state index contributed by atoms with van der Waals surface area (Å²) in [7, 11) is 6.65. The second kappa shape index (κ2) is 9.72. The van der Waals surface area contributed by atoms with E-state index < -0.39 is 0 Å². The molecule has 4 nitrogen and oxygen atoms in total. The van der Waals surface area contributed by atoms with Gasteiger partial charge in [0, 0.05) is 29.7 Å². The van der Waals surface area contributed by atoms with Crippen LogP contribution < -0.4 is 18.9 Å². The maximum atomic E-state index is 5.67. The maximum absolute atomic E-state index is 5.67. The lowest BCUT2D eigenvalue weighted by atomic mass is 9.92. The minimum atomic E-state index is 0.659. The van der Waals surface area contributed by atoms with Gasteiger partial charge in [-0.2, -0.15) is 0 Å². The van der Waals surface area contributed by atoms with E-state index in [1.807, 2.05) is 36.4 Å². The molecule has 0 saturated heterocycles. The van der Waals surface area contributed by atoms with E-state index in [1.54, 1.807) is 28.4 Å². The molecule has 0 aliphatic carbocycles. The molecule has 0 atom stereocenters. The van der Waals surface area contributed by atoms with Crippen molar-refractivity contribution in [2.45, 2.75) is 19.3 Å². The number of allylic oxidation sites excluding steroid dienone is 2. The van der Waals surface area contributed by atoms with Crippen LogP contribution in [0.15, 0.2) is 49.6 Å². The Morgan fingerprint density at radius 3 is 1.37 bits per heavy atom. The molecule has 0 spiro atoms. The molecule has 27 heavy (non-hydrogen) atoms. The second-order valence-electron chi connectivity index (χ2n) is 6.10. The average Bonchev–Trinajstić information content (AvgIpc) is 2.69. The fourth-order valence-corrected chi connectivity index (χ4v) is 3.20. The van der Waals surface area contributed by atoms with Crippen LogP contribution in [0.25, 0.3) is 0 Å². The van der Waals surface area contributed by atoms with E-state index in [0.717, 1.165) is 58.1 Å². The van der Waals surface area contributed by atoms with Crippen LogP contribution in [0.5, 0.6) is 23.0 Å². The van der Waals surface area contributed by atoms with Crippen molar-refractivity contribution in [2.75, 3.05) is 28.4 Å². The van der Waals surface area contributed by atoms with Gasteiger partial charge in [0.05, 0.1) is 28.4 Å². The number of hydrogen-bond donors (Lipinski definition) is 0. The van der Waals surface area contributed by atoms with E-state index in [9.17, 15) is 0 Å². The molecule has 0 aromatic heterocycles. The fourth-order valence-electron chi connectivity index (χ4n) is 3.20. The molecule has 0 saturated carbocycles. The first-order chi connectivity index (χ1) is 13.1. The molecule has 0 aliphatic heterocycles. The molecule has 2 aromatic carbocycles. The smallest absolute Gasteiger partial charge is 0.126 e. The van der Waals surface area contributed by atoms with Crippen LogP contribution >= 0.6 is 0 Å². The number of rotatable bonds is 10. The molecule has 2 aromatic rings. The van der Waals surface area contributed by atoms with Crippen molar-refractivity contribution in [3.05, 3.63) is 71.8 Å². The maximum Gasteiger partial charge on any atom is 0.126 e. The molecule has 4 heteroatoms. The summed E-state index contributed by atoms with van der Waals surface area (Å²) in [6.45, 7) is 7.76. The molecular weight excluding hydrogens is 340 g/mol. The van der Waals surface area contributed by atoms with E-state index in [1.165, 1.54) is 0 Å². The summed E-state index contributed by atoms with van der Waals surface area (Å²) in [4.78, 5) is 0. The first-order valence-corrected chi connectivity index (χ1v) is 8.81. The normalized spacial score (nSPS) is 10.2. The lowest BCUT2D eigenvalue weighted by molar-refractivity contribution is 0.387. The Bertz CT molecular complexity index is 741. The highest BCUT2D eigenvalue weighted by molar-refractivity contribution is 5.54.